The summed E-state index contributed by atoms with van der Waals surface area (Å²) < 4.78 is 6.91. The monoisotopic (exact) mass is 438 g/mol. The fraction of sp³-hybridized carbons (Fsp3) is 0.348. The first kappa shape index (κ1) is 21.8. The summed E-state index contributed by atoms with van der Waals surface area (Å²) in [5, 5.41) is 20.1. The highest BCUT2D eigenvalue weighted by Gasteiger charge is 2.33. The number of rotatable bonds is 8. The quantitative estimate of drug-likeness (QED) is 0.550. The highest BCUT2D eigenvalue weighted by Crippen LogP contribution is 2.33. The van der Waals surface area contributed by atoms with Gasteiger partial charge < -0.3 is 19.5 Å². The fourth-order valence-corrected chi connectivity index (χ4v) is 4.34. The lowest BCUT2D eigenvalue weighted by Gasteiger charge is -2.37. The Labute approximate surface area is 185 Å². The lowest BCUT2D eigenvalue weighted by molar-refractivity contribution is -0.144. The zero-order valence-electron chi connectivity index (χ0n) is 17.8. The molecule has 0 bridgehead atoms. The second-order valence-corrected chi connectivity index (χ2v) is 7.90. The molecule has 1 aliphatic heterocycles. The fourth-order valence-electron chi connectivity index (χ4n) is 4.34. The van der Waals surface area contributed by atoms with Gasteiger partial charge in [-0.3, -0.25) is 24.4 Å². The van der Waals surface area contributed by atoms with Crippen LogP contribution in [0, 0.1) is 0 Å². The SMILES string of the molecule is COc1ccc2c(c1)c([C@@H](C(=O)O)N1CCN(Cc3cccnc3)CC1)cn2CC(=O)O. The number of methoxy groups -OCH3 is 1. The summed E-state index contributed by atoms with van der Waals surface area (Å²) in [6.45, 7) is 3.17. The molecule has 9 nitrogen and oxygen atoms in total. The normalized spacial score (nSPS) is 16.2. The van der Waals surface area contributed by atoms with Crippen molar-refractivity contribution in [3.05, 3.63) is 60.0 Å². The summed E-state index contributed by atoms with van der Waals surface area (Å²) in [6, 6.07) is 8.36. The van der Waals surface area contributed by atoms with Crippen molar-refractivity contribution in [3.8, 4) is 5.75 Å². The second kappa shape index (κ2) is 9.37. The van der Waals surface area contributed by atoms with Gasteiger partial charge >= 0.3 is 11.9 Å². The van der Waals surface area contributed by atoms with Gasteiger partial charge in [0.2, 0.25) is 0 Å². The van der Waals surface area contributed by atoms with Crippen molar-refractivity contribution in [1.29, 1.82) is 0 Å². The Morgan fingerprint density at radius 1 is 1.16 bits per heavy atom. The third-order valence-electron chi connectivity index (χ3n) is 5.85. The van der Waals surface area contributed by atoms with Crippen LogP contribution in [0.2, 0.25) is 0 Å². The van der Waals surface area contributed by atoms with Crippen LogP contribution in [0.15, 0.2) is 48.9 Å². The van der Waals surface area contributed by atoms with Crippen LogP contribution in [0.5, 0.6) is 5.75 Å². The van der Waals surface area contributed by atoms with Gasteiger partial charge in [-0.2, -0.15) is 0 Å². The molecule has 168 valence electrons. The van der Waals surface area contributed by atoms with Crippen LogP contribution in [-0.2, 0) is 22.7 Å². The van der Waals surface area contributed by atoms with E-state index in [0.29, 0.717) is 35.3 Å². The molecule has 0 amide bonds. The van der Waals surface area contributed by atoms with E-state index in [4.69, 9.17) is 4.74 Å². The van der Waals surface area contributed by atoms with Gasteiger partial charge in [0, 0.05) is 67.8 Å². The van der Waals surface area contributed by atoms with Gasteiger partial charge in [0.25, 0.3) is 0 Å². The number of fused-ring (bicyclic) bond motifs is 1. The third-order valence-corrected chi connectivity index (χ3v) is 5.85. The number of piperazine rings is 1. The molecule has 3 aromatic rings. The summed E-state index contributed by atoms with van der Waals surface area (Å²) in [5.41, 5.74) is 2.37. The van der Waals surface area contributed by atoms with Crippen molar-refractivity contribution in [2.24, 2.45) is 0 Å². The minimum absolute atomic E-state index is 0.242. The van der Waals surface area contributed by atoms with Crippen LogP contribution >= 0.6 is 0 Å². The first-order valence-electron chi connectivity index (χ1n) is 10.4. The highest BCUT2D eigenvalue weighted by atomic mass is 16.5. The summed E-state index contributed by atoms with van der Waals surface area (Å²) in [5.74, 6) is -1.35. The molecule has 1 aliphatic rings. The van der Waals surface area contributed by atoms with Crippen molar-refractivity contribution in [2.75, 3.05) is 33.3 Å². The maximum atomic E-state index is 12.4. The molecule has 3 heterocycles. The number of aromatic nitrogens is 2. The van der Waals surface area contributed by atoms with Crippen molar-refractivity contribution in [1.82, 2.24) is 19.4 Å². The third kappa shape index (κ3) is 4.58. The minimum Gasteiger partial charge on any atom is -0.497 e. The molecule has 0 spiro atoms. The topological polar surface area (TPSA) is 108 Å². The smallest absolute Gasteiger partial charge is 0.325 e. The maximum Gasteiger partial charge on any atom is 0.325 e. The molecular formula is C23H26N4O5. The number of carboxylic acid groups (broad SMARTS) is 2. The van der Waals surface area contributed by atoms with Gasteiger partial charge in [-0.05, 0) is 29.8 Å². The molecule has 32 heavy (non-hydrogen) atoms. The Morgan fingerprint density at radius 3 is 2.56 bits per heavy atom. The van der Waals surface area contributed by atoms with Crippen molar-refractivity contribution < 1.29 is 24.5 Å². The molecule has 1 aromatic carbocycles. The van der Waals surface area contributed by atoms with E-state index in [0.717, 1.165) is 25.2 Å². The summed E-state index contributed by atoms with van der Waals surface area (Å²) >= 11 is 0. The number of carboxylic acids is 2. The molecule has 2 aromatic heterocycles. The van der Waals surface area contributed by atoms with Crippen molar-refractivity contribution in [3.63, 3.8) is 0 Å². The standard InChI is InChI=1S/C23H26N4O5/c1-32-17-4-5-20-18(11-17)19(14-27(20)15-21(28)29)22(23(30)31)26-9-7-25(8-10-26)13-16-3-2-6-24-12-16/h2-6,11-12,14,22H,7-10,13,15H2,1H3,(H,28,29)(H,30,31)/t22-/m0/s1. The Morgan fingerprint density at radius 2 is 1.94 bits per heavy atom. The van der Waals surface area contributed by atoms with Gasteiger partial charge in [0.05, 0.1) is 7.11 Å². The van der Waals surface area contributed by atoms with Crippen LogP contribution in [0.3, 0.4) is 0 Å². The molecule has 1 atom stereocenters. The van der Waals surface area contributed by atoms with E-state index in [1.54, 1.807) is 42.3 Å². The summed E-state index contributed by atoms with van der Waals surface area (Å²) in [7, 11) is 1.55. The first-order chi connectivity index (χ1) is 15.5. The van der Waals surface area contributed by atoms with Crippen molar-refractivity contribution >= 4 is 22.8 Å². The number of ether oxygens (including phenoxy) is 1. The Hall–Kier alpha value is -3.43. The largest absolute Gasteiger partial charge is 0.497 e. The molecule has 1 fully saturated rings. The summed E-state index contributed by atoms with van der Waals surface area (Å²) in [4.78, 5) is 32.1. The van der Waals surface area contributed by atoms with E-state index < -0.39 is 18.0 Å². The number of pyridine rings is 1. The molecule has 0 unspecified atom stereocenters. The van der Waals surface area contributed by atoms with Crippen LogP contribution < -0.4 is 4.74 Å². The summed E-state index contributed by atoms with van der Waals surface area (Å²) in [6.07, 6.45) is 5.24. The molecule has 4 rings (SSSR count). The van der Waals surface area contributed by atoms with E-state index in [1.165, 1.54) is 0 Å². The van der Waals surface area contributed by atoms with Gasteiger partial charge in [-0.1, -0.05) is 6.07 Å². The van der Waals surface area contributed by atoms with E-state index in [9.17, 15) is 19.8 Å². The molecule has 2 N–H and O–H groups in total. The lowest BCUT2D eigenvalue weighted by Crippen LogP contribution is -2.48. The predicted octanol–water partition coefficient (Wildman–Crippen LogP) is 2.07. The molecular weight excluding hydrogens is 412 g/mol. The zero-order chi connectivity index (χ0) is 22.7. The van der Waals surface area contributed by atoms with Gasteiger partial charge in [0.15, 0.2) is 0 Å². The predicted molar refractivity (Wildman–Crippen MR) is 118 cm³/mol. The number of hydrogen-bond donors (Lipinski definition) is 2. The Bertz CT molecular complexity index is 1110. The van der Waals surface area contributed by atoms with E-state index in [-0.39, 0.29) is 6.54 Å². The lowest BCUT2D eigenvalue weighted by atomic mass is 10.0. The number of hydrogen-bond acceptors (Lipinski definition) is 6. The number of benzene rings is 1. The Balaban J connectivity index is 1.60. The number of aliphatic carboxylic acids is 2. The van der Waals surface area contributed by atoms with Crippen LogP contribution in [-0.4, -0.2) is 74.8 Å². The molecule has 9 heteroatoms. The van der Waals surface area contributed by atoms with E-state index >= 15 is 0 Å². The molecule has 0 aliphatic carbocycles. The van der Waals surface area contributed by atoms with Crippen LogP contribution in [0.25, 0.3) is 10.9 Å². The minimum atomic E-state index is -0.986. The molecule has 0 saturated carbocycles. The average Bonchev–Trinajstić information content (AvgIpc) is 3.12. The van der Waals surface area contributed by atoms with Gasteiger partial charge in [0.1, 0.15) is 18.3 Å². The van der Waals surface area contributed by atoms with Crippen LogP contribution in [0.1, 0.15) is 17.2 Å². The molecule has 0 radical (unpaired) electrons. The van der Waals surface area contributed by atoms with Crippen molar-refractivity contribution in [2.45, 2.75) is 19.1 Å². The van der Waals surface area contributed by atoms with Gasteiger partial charge in [-0.15, -0.1) is 0 Å². The average molecular weight is 438 g/mol. The van der Waals surface area contributed by atoms with Crippen LogP contribution in [0.4, 0.5) is 0 Å². The van der Waals surface area contributed by atoms with E-state index in [2.05, 4.69) is 9.88 Å². The zero-order valence-corrected chi connectivity index (χ0v) is 17.8. The maximum absolute atomic E-state index is 12.4. The Kier molecular flexibility index (Phi) is 6.38. The second-order valence-electron chi connectivity index (χ2n) is 7.90. The highest BCUT2D eigenvalue weighted by molar-refractivity contribution is 5.91. The first-order valence-corrected chi connectivity index (χ1v) is 10.4. The van der Waals surface area contributed by atoms with Gasteiger partial charge in [-0.25, -0.2) is 0 Å². The number of carbonyl (C=O) groups is 2. The molecule has 1 saturated heterocycles. The number of nitrogens with zero attached hydrogens (tertiary/aromatic N) is 4. The van der Waals surface area contributed by atoms with E-state index in [1.807, 2.05) is 23.2 Å².